The van der Waals surface area contributed by atoms with Crippen LogP contribution in [0.2, 0.25) is 0 Å². The van der Waals surface area contributed by atoms with E-state index >= 15 is 0 Å². The molecule has 0 amide bonds. The Bertz CT molecular complexity index is 1440. The molecule has 1 atom stereocenters. The number of allylic oxidation sites excluding steroid dienone is 15. The van der Waals surface area contributed by atoms with Crippen molar-refractivity contribution in [3.63, 3.8) is 0 Å². The molecule has 1 unspecified atom stereocenters. The summed E-state index contributed by atoms with van der Waals surface area (Å²) in [7, 11) is 0. The van der Waals surface area contributed by atoms with Crippen molar-refractivity contribution in [1.82, 2.24) is 0 Å². The molecule has 0 aromatic rings. The first-order valence-corrected chi connectivity index (χ1v) is 30.7. The normalized spacial score (nSPS) is 12.8. The van der Waals surface area contributed by atoms with E-state index in [1.165, 1.54) is 161 Å². The minimum Gasteiger partial charge on any atom is -0.462 e. The Hall–Kier alpha value is -3.67. The maximum absolute atomic E-state index is 12.8. The lowest BCUT2D eigenvalue weighted by molar-refractivity contribution is -0.166. The number of carbonyl (C=O) groups excluding carboxylic acids is 3. The van der Waals surface area contributed by atoms with Crippen LogP contribution in [0, 0.1) is 0 Å². The summed E-state index contributed by atoms with van der Waals surface area (Å²) >= 11 is 0. The number of ether oxygens (including phenoxy) is 3. The van der Waals surface area contributed by atoms with Crippen LogP contribution in [-0.2, 0) is 28.6 Å². The SMILES string of the molecule is CC/C=C\C/C=C\C/C=C\C/C=C\C/C=C\CC(=O)OC(COC(=O)CCCCCCC/C=C\CCCCCC)COC(=O)CCCCCCCCCCCCCCCCC/C=C\C/C=C\CCCCCCC. The summed E-state index contributed by atoms with van der Waals surface area (Å²) in [4.78, 5) is 38.1. The lowest BCUT2D eigenvalue weighted by Crippen LogP contribution is -2.30. The predicted octanol–water partition coefficient (Wildman–Crippen LogP) is 20.9. The molecule has 0 heterocycles. The first-order valence-electron chi connectivity index (χ1n) is 30.7. The van der Waals surface area contributed by atoms with Crippen LogP contribution >= 0.6 is 0 Å². The zero-order chi connectivity index (χ0) is 52.9. The minimum absolute atomic E-state index is 0.0947. The molecule has 0 aliphatic rings. The van der Waals surface area contributed by atoms with Gasteiger partial charge in [-0.05, 0) is 103 Å². The lowest BCUT2D eigenvalue weighted by atomic mass is 10.0. The van der Waals surface area contributed by atoms with E-state index in [0.29, 0.717) is 12.8 Å². The first kappa shape index (κ1) is 69.3. The predicted molar refractivity (Wildman–Crippen MR) is 316 cm³/mol. The lowest BCUT2D eigenvalue weighted by Gasteiger charge is -2.18. The summed E-state index contributed by atoms with van der Waals surface area (Å²) in [6.07, 6.45) is 81.6. The standard InChI is InChI=1S/C67H114O6/c1-4-7-10-13-16-19-22-25-27-28-29-30-31-32-33-34-35-36-37-38-40-42-45-48-51-54-57-60-66(69)72-63-64(62-71-65(68)59-56-53-50-47-44-41-24-21-18-15-12-9-6-3)73-67(70)61-58-55-52-49-46-43-39-26-23-20-17-14-11-8-5-2/h8,11,17,20-22,24-26,28-29,39,46,49,55,58,64H,4-7,9-10,12-16,18-19,23,27,30-38,40-45,47-48,50-54,56-57,59-63H2,1-3H3/b11-8-,20-17-,24-21-,25-22-,29-28-,39-26-,49-46-,58-55-. The molecule has 0 saturated heterocycles. The maximum atomic E-state index is 12.8. The molecule has 0 fully saturated rings. The molecule has 6 heteroatoms. The minimum atomic E-state index is -0.835. The molecule has 0 bridgehead atoms. The highest BCUT2D eigenvalue weighted by Gasteiger charge is 2.19. The Morgan fingerprint density at radius 2 is 0.575 bits per heavy atom. The van der Waals surface area contributed by atoms with Crippen molar-refractivity contribution in [3.05, 3.63) is 97.2 Å². The second kappa shape index (κ2) is 60.9. The maximum Gasteiger partial charge on any atom is 0.310 e. The summed E-state index contributed by atoms with van der Waals surface area (Å²) in [6.45, 7) is 6.42. The van der Waals surface area contributed by atoms with Gasteiger partial charge < -0.3 is 14.2 Å². The first-order chi connectivity index (χ1) is 36.0. The largest absolute Gasteiger partial charge is 0.462 e. The van der Waals surface area contributed by atoms with Crippen molar-refractivity contribution in [3.8, 4) is 0 Å². The Balaban J connectivity index is 4.32. The molecule has 0 radical (unpaired) electrons. The second-order valence-electron chi connectivity index (χ2n) is 20.2. The van der Waals surface area contributed by atoms with Gasteiger partial charge in [0.1, 0.15) is 13.2 Å². The molecule has 73 heavy (non-hydrogen) atoms. The summed E-state index contributed by atoms with van der Waals surface area (Å²) in [6, 6.07) is 0. The third-order valence-corrected chi connectivity index (χ3v) is 13.1. The van der Waals surface area contributed by atoms with Crippen LogP contribution in [0.1, 0.15) is 290 Å². The van der Waals surface area contributed by atoms with Crippen molar-refractivity contribution >= 4 is 17.9 Å². The van der Waals surface area contributed by atoms with Gasteiger partial charge in [0.15, 0.2) is 6.10 Å². The van der Waals surface area contributed by atoms with E-state index in [0.717, 1.165) is 89.9 Å². The van der Waals surface area contributed by atoms with Crippen LogP contribution < -0.4 is 0 Å². The molecule has 0 aromatic heterocycles. The molecule has 0 N–H and O–H groups in total. The number of rotatable bonds is 55. The molecule has 0 rings (SSSR count). The summed E-state index contributed by atoms with van der Waals surface area (Å²) in [5.41, 5.74) is 0. The van der Waals surface area contributed by atoms with Gasteiger partial charge in [0, 0.05) is 12.8 Å². The monoisotopic (exact) mass is 1010 g/mol. The molecular formula is C67H114O6. The zero-order valence-corrected chi connectivity index (χ0v) is 47.9. The quantitative estimate of drug-likeness (QED) is 0.0261. The topological polar surface area (TPSA) is 78.9 Å². The smallest absolute Gasteiger partial charge is 0.310 e. The van der Waals surface area contributed by atoms with E-state index in [1.807, 2.05) is 6.08 Å². The third-order valence-electron chi connectivity index (χ3n) is 13.1. The van der Waals surface area contributed by atoms with Crippen LogP contribution in [0.5, 0.6) is 0 Å². The average molecular weight is 1020 g/mol. The van der Waals surface area contributed by atoms with Gasteiger partial charge in [-0.1, -0.05) is 266 Å². The van der Waals surface area contributed by atoms with Crippen LogP contribution in [0.3, 0.4) is 0 Å². The fourth-order valence-corrected chi connectivity index (χ4v) is 8.49. The molecule has 0 saturated carbocycles. The number of carbonyl (C=O) groups is 3. The average Bonchev–Trinajstić information content (AvgIpc) is 3.39. The van der Waals surface area contributed by atoms with Crippen LogP contribution in [0.4, 0.5) is 0 Å². The van der Waals surface area contributed by atoms with Crippen molar-refractivity contribution in [2.45, 2.75) is 297 Å². The second-order valence-corrected chi connectivity index (χ2v) is 20.2. The molecule has 0 aromatic carbocycles. The fourth-order valence-electron chi connectivity index (χ4n) is 8.49. The van der Waals surface area contributed by atoms with Gasteiger partial charge in [0.05, 0.1) is 6.42 Å². The highest BCUT2D eigenvalue weighted by atomic mass is 16.6. The number of unbranched alkanes of at least 4 members (excludes halogenated alkanes) is 29. The molecule has 0 aliphatic heterocycles. The van der Waals surface area contributed by atoms with E-state index in [-0.39, 0.29) is 31.6 Å². The fraction of sp³-hybridized carbons (Fsp3) is 0.716. The van der Waals surface area contributed by atoms with Gasteiger partial charge in [-0.3, -0.25) is 14.4 Å². The van der Waals surface area contributed by atoms with Gasteiger partial charge >= 0.3 is 17.9 Å². The van der Waals surface area contributed by atoms with Crippen LogP contribution in [0.25, 0.3) is 0 Å². The van der Waals surface area contributed by atoms with E-state index in [2.05, 4.69) is 106 Å². The van der Waals surface area contributed by atoms with Crippen molar-refractivity contribution in [1.29, 1.82) is 0 Å². The van der Waals surface area contributed by atoms with Crippen LogP contribution in [0.15, 0.2) is 97.2 Å². The molecule has 0 spiro atoms. The van der Waals surface area contributed by atoms with Crippen molar-refractivity contribution in [2.75, 3.05) is 13.2 Å². The molecule has 6 nitrogen and oxygen atoms in total. The summed E-state index contributed by atoms with van der Waals surface area (Å²) < 4.78 is 16.8. The van der Waals surface area contributed by atoms with E-state index < -0.39 is 12.1 Å². The van der Waals surface area contributed by atoms with E-state index in [9.17, 15) is 14.4 Å². The third kappa shape index (κ3) is 59.1. The highest BCUT2D eigenvalue weighted by molar-refractivity contribution is 5.72. The van der Waals surface area contributed by atoms with Gasteiger partial charge in [0.25, 0.3) is 0 Å². The number of esters is 3. The van der Waals surface area contributed by atoms with E-state index in [4.69, 9.17) is 14.2 Å². The highest BCUT2D eigenvalue weighted by Crippen LogP contribution is 2.16. The van der Waals surface area contributed by atoms with Crippen molar-refractivity contribution in [2.24, 2.45) is 0 Å². The number of hydrogen-bond donors (Lipinski definition) is 0. The van der Waals surface area contributed by atoms with Crippen molar-refractivity contribution < 1.29 is 28.6 Å². The Morgan fingerprint density at radius 1 is 0.301 bits per heavy atom. The van der Waals surface area contributed by atoms with Gasteiger partial charge in [-0.2, -0.15) is 0 Å². The Kier molecular flexibility index (Phi) is 57.8. The summed E-state index contributed by atoms with van der Waals surface area (Å²) in [5.74, 6) is -1.05. The summed E-state index contributed by atoms with van der Waals surface area (Å²) in [5, 5.41) is 0. The van der Waals surface area contributed by atoms with Gasteiger partial charge in [0.2, 0.25) is 0 Å². The zero-order valence-electron chi connectivity index (χ0n) is 47.9. The molecule has 418 valence electrons. The Morgan fingerprint density at radius 3 is 0.932 bits per heavy atom. The Labute approximate surface area is 451 Å². The number of hydrogen-bond acceptors (Lipinski definition) is 6. The molecule has 0 aliphatic carbocycles. The van der Waals surface area contributed by atoms with Gasteiger partial charge in [-0.25, -0.2) is 0 Å². The van der Waals surface area contributed by atoms with E-state index in [1.54, 1.807) is 6.08 Å². The van der Waals surface area contributed by atoms with Gasteiger partial charge in [-0.15, -0.1) is 0 Å². The molecular weight excluding hydrogens is 901 g/mol. The van der Waals surface area contributed by atoms with Crippen LogP contribution in [-0.4, -0.2) is 37.2 Å².